The first-order chi connectivity index (χ1) is 9.16. The van der Waals surface area contributed by atoms with Crippen LogP contribution in [-0.2, 0) is 6.54 Å². The fourth-order valence-electron chi connectivity index (χ4n) is 2.34. The average molecular weight is 259 g/mol. The molecule has 2 aromatic rings. The van der Waals surface area contributed by atoms with Crippen LogP contribution in [0.2, 0.25) is 0 Å². The van der Waals surface area contributed by atoms with Gasteiger partial charge in [0.2, 0.25) is 0 Å². The molecule has 2 aromatic heterocycles. The maximum Gasteiger partial charge on any atom is 0.0706 e. The lowest BCUT2D eigenvalue weighted by atomic mass is 10.0. The summed E-state index contributed by atoms with van der Waals surface area (Å²) in [5.74, 6) is 0.812. The number of rotatable bonds is 7. The molecule has 2 heterocycles. The highest BCUT2D eigenvalue weighted by molar-refractivity contribution is 5.53. The van der Waals surface area contributed by atoms with Crippen LogP contribution in [0, 0.1) is 5.92 Å². The fourth-order valence-corrected chi connectivity index (χ4v) is 2.34. The van der Waals surface area contributed by atoms with E-state index in [0.717, 1.165) is 12.5 Å². The van der Waals surface area contributed by atoms with Crippen molar-refractivity contribution in [2.75, 3.05) is 0 Å². The second kappa shape index (κ2) is 6.71. The molecular weight excluding hydrogens is 234 g/mol. The Morgan fingerprint density at radius 2 is 2.05 bits per heavy atom. The van der Waals surface area contributed by atoms with Crippen molar-refractivity contribution >= 4 is 5.52 Å². The molecule has 0 bridgehead atoms. The molecule has 0 aliphatic rings. The van der Waals surface area contributed by atoms with Crippen molar-refractivity contribution in [3.63, 3.8) is 0 Å². The van der Waals surface area contributed by atoms with E-state index in [1.54, 1.807) is 0 Å². The molecule has 0 saturated heterocycles. The van der Waals surface area contributed by atoms with E-state index in [1.807, 2.05) is 23.0 Å². The molecule has 19 heavy (non-hydrogen) atoms. The highest BCUT2D eigenvalue weighted by Crippen LogP contribution is 2.11. The van der Waals surface area contributed by atoms with E-state index in [-0.39, 0.29) is 0 Å². The van der Waals surface area contributed by atoms with Gasteiger partial charge >= 0.3 is 0 Å². The molecule has 0 radical (unpaired) electrons. The molecule has 0 amide bonds. The van der Waals surface area contributed by atoms with E-state index >= 15 is 0 Å². The first-order valence-corrected chi connectivity index (χ1v) is 7.31. The normalized spacial score (nSPS) is 13.3. The van der Waals surface area contributed by atoms with Crippen molar-refractivity contribution in [2.24, 2.45) is 5.92 Å². The Hall–Kier alpha value is -1.35. The number of nitrogens with zero attached hydrogens (tertiary/aromatic N) is 2. The van der Waals surface area contributed by atoms with Gasteiger partial charge in [-0.2, -0.15) is 5.10 Å². The van der Waals surface area contributed by atoms with Gasteiger partial charge in [0, 0.05) is 24.3 Å². The van der Waals surface area contributed by atoms with Crippen LogP contribution >= 0.6 is 0 Å². The molecule has 0 saturated carbocycles. The monoisotopic (exact) mass is 259 g/mol. The van der Waals surface area contributed by atoms with Crippen LogP contribution < -0.4 is 5.32 Å². The number of aromatic nitrogens is 2. The largest absolute Gasteiger partial charge is 0.310 e. The number of pyridine rings is 1. The van der Waals surface area contributed by atoms with Gasteiger partial charge < -0.3 is 5.32 Å². The Morgan fingerprint density at radius 3 is 2.84 bits per heavy atom. The van der Waals surface area contributed by atoms with Crippen LogP contribution in [0.1, 0.15) is 45.6 Å². The van der Waals surface area contributed by atoms with Crippen molar-refractivity contribution in [1.29, 1.82) is 0 Å². The Kier molecular flexibility index (Phi) is 4.97. The lowest BCUT2D eigenvalue weighted by Crippen LogP contribution is -2.25. The van der Waals surface area contributed by atoms with Gasteiger partial charge in [-0.05, 0) is 31.4 Å². The van der Waals surface area contributed by atoms with Crippen LogP contribution in [-0.4, -0.2) is 15.7 Å². The lowest BCUT2D eigenvalue weighted by molar-refractivity contribution is 0.457. The number of hydrogen-bond acceptors (Lipinski definition) is 2. The molecule has 1 unspecified atom stereocenters. The van der Waals surface area contributed by atoms with Gasteiger partial charge in [-0.1, -0.05) is 32.8 Å². The number of nitrogens with one attached hydrogen (secondary N) is 1. The molecule has 3 nitrogen and oxygen atoms in total. The summed E-state index contributed by atoms with van der Waals surface area (Å²) >= 11 is 0. The van der Waals surface area contributed by atoms with Crippen LogP contribution in [0.25, 0.3) is 5.52 Å². The molecule has 2 rings (SSSR count). The van der Waals surface area contributed by atoms with Gasteiger partial charge in [0.05, 0.1) is 11.7 Å². The molecule has 104 valence electrons. The molecule has 1 N–H and O–H groups in total. The summed E-state index contributed by atoms with van der Waals surface area (Å²) in [7, 11) is 0. The van der Waals surface area contributed by atoms with E-state index in [9.17, 15) is 0 Å². The number of fused-ring (bicyclic) bond motifs is 1. The average Bonchev–Trinajstić information content (AvgIpc) is 2.79. The summed E-state index contributed by atoms with van der Waals surface area (Å²) in [5, 5.41) is 7.96. The van der Waals surface area contributed by atoms with Crippen molar-refractivity contribution in [3.05, 3.63) is 36.2 Å². The maximum atomic E-state index is 4.36. The van der Waals surface area contributed by atoms with E-state index < -0.39 is 0 Å². The molecule has 0 spiro atoms. The highest BCUT2D eigenvalue weighted by atomic mass is 15.2. The molecule has 3 heteroatoms. The second-order valence-corrected chi connectivity index (χ2v) is 5.81. The van der Waals surface area contributed by atoms with E-state index in [4.69, 9.17) is 0 Å². The summed E-state index contributed by atoms with van der Waals surface area (Å²) in [6.07, 6.45) is 7.83. The predicted molar refractivity (Wildman–Crippen MR) is 80.2 cm³/mol. The highest BCUT2D eigenvalue weighted by Gasteiger charge is 2.06. The van der Waals surface area contributed by atoms with Gasteiger partial charge in [0.1, 0.15) is 0 Å². The molecule has 0 aliphatic heterocycles. The van der Waals surface area contributed by atoms with Crippen molar-refractivity contribution in [1.82, 2.24) is 14.9 Å². The van der Waals surface area contributed by atoms with E-state index in [2.05, 4.69) is 43.3 Å². The van der Waals surface area contributed by atoms with Gasteiger partial charge in [-0.3, -0.25) is 0 Å². The summed E-state index contributed by atoms with van der Waals surface area (Å²) in [4.78, 5) is 0. The van der Waals surface area contributed by atoms with Crippen LogP contribution in [0.4, 0.5) is 0 Å². The standard InChI is InChI=1S/C16H25N3/c1-13(2)7-6-8-14(3)17-11-15-12-18-19-10-5-4-9-16(15)19/h4-5,9-10,12-14,17H,6-8,11H2,1-3H3. The molecule has 0 aliphatic carbocycles. The quantitative estimate of drug-likeness (QED) is 0.822. The third kappa shape index (κ3) is 4.06. The second-order valence-electron chi connectivity index (χ2n) is 5.81. The smallest absolute Gasteiger partial charge is 0.0706 e. The summed E-state index contributed by atoms with van der Waals surface area (Å²) in [5.41, 5.74) is 2.47. The Labute approximate surface area is 116 Å². The summed E-state index contributed by atoms with van der Waals surface area (Å²) in [6.45, 7) is 7.75. The van der Waals surface area contributed by atoms with Crippen LogP contribution in [0.5, 0.6) is 0 Å². The minimum Gasteiger partial charge on any atom is -0.310 e. The Balaban J connectivity index is 1.81. The predicted octanol–water partition coefficient (Wildman–Crippen LogP) is 3.64. The van der Waals surface area contributed by atoms with E-state index in [0.29, 0.717) is 6.04 Å². The minimum atomic E-state index is 0.567. The topological polar surface area (TPSA) is 29.3 Å². The molecule has 0 fully saturated rings. The lowest BCUT2D eigenvalue weighted by Gasteiger charge is -2.14. The van der Waals surface area contributed by atoms with Crippen LogP contribution in [0.3, 0.4) is 0 Å². The maximum absolute atomic E-state index is 4.36. The van der Waals surface area contributed by atoms with Gasteiger partial charge in [-0.25, -0.2) is 4.52 Å². The van der Waals surface area contributed by atoms with Crippen molar-refractivity contribution in [3.8, 4) is 0 Å². The fraction of sp³-hybridized carbons (Fsp3) is 0.562. The summed E-state index contributed by atoms with van der Waals surface area (Å²) < 4.78 is 1.93. The Bertz CT molecular complexity index is 501. The third-order valence-electron chi connectivity index (χ3n) is 3.57. The molecule has 0 aromatic carbocycles. The first kappa shape index (κ1) is 14.1. The van der Waals surface area contributed by atoms with Crippen LogP contribution in [0.15, 0.2) is 30.6 Å². The zero-order valence-corrected chi connectivity index (χ0v) is 12.3. The Morgan fingerprint density at radius 1 is 1.21 bits per heavy atom. The van der Waals surface area contributed by atoms with Gasteiger partial charge in [0.15, 0.2) is 0 Å². The third-order valence-corrected chi connectivity index (χ3v) is 3.57. The summed E-state index contributed by atoms with van der Waals surface area (Å²) in [6, 6.07) is 6.75. The van der Waals surface area contributed by atoms with Gasteiger partial charge in [-0.15, -0.1) is 0 Å². The first-order valence-electron chi connectivity index (χ1n) is 7.31. The minimum absolute atomic E-state index is 0.567. The zero-order valence-electron chi connectivity index (χ0n) is 12.3. The van der Waals surface area contributed by atoms with E-state index in [1.165, 1.54) is 30.3 Å². The SMILES string of the molecule is CC(C)CCCC(C)NCc1cnn2ccccc12. The van der Waals surface area contributed by atoms with Crippen molar-refractivity contribution in [2.45, 2.75) is 52.6 Å². The van der Waals surface area contributed by atoms with Crippen molar-refractivity contribution < 1.29 is 0 Å². The number of hydrogen-bond donors (Lipinski definition) is 1. The molecular formula is C16H25N3. The molecule has 1 atom stereocenters. The zero-order chi connectivity index (χ0) is 13.7. The van der Waals surface area contributed by atoms with Gasteiger partial charge in [0.25, 0.3) is 0 Å².